The van der Waals surface area contributed by atoms with Crippen molar-refractivity contribution in [3.8, 4) is 5.75 Å². The summed E-state index contributed by atoms with van der Waals surface area (Å²) in [6.45, 7) is 3.55. The Morgan fingerprint density at radius 2 is 2.00 bits per heavy atom. The molecule has 1 aliphatic rings. The van der Waals surface area contributed by atoms with Gasteiger partial charge in [0.05, 0.1) is 7.11 Å². The van der Waals surface area contributed by atoms with Crippen LogP contribution in [-0.4, -0.2) is 50.8 Å². The summed E-state index contributed by atoms with van der Waals surface area (Å²) in [7, 11) is 3.37. The van der Waals surface area contributed by atoms with E-state index in [1.54, 1.807) is 14.2 Å². The van der Waals surface area contributed by atoms with Crippen LogP contribution in [0.4, 0.5) is 0 Å². The summed E-state index contributed by atoms with van der Waals surface area (Å²) in [4.78, 5) is 14.3. The van der Waals surface area contributed by atoms with Gasteiger partial charge in [-0.15, -0.1) is 0 Å². The normalized spacial score (nSPS) is 16.3. The Kier molecular flexibility index (Phi) is 7.36. The molecule has 1 aromatic rings. The van der Waals surface area contributed by atoms with E-state index in [4.69, 9.17) is 9.47 Å². The van der Waals surface area contributed by atoms with Crippen molar-refractivity contribution in [3.05, 3.63) is 29.8 Å². The smallest absolute Gasteiger partial charge is 0.220 e. The van der Waals surface area contributed by atoms with Crippen LogP contribution >= 0.6 is 0 Å². The molecule has 1 aromatic carbocycles. The van der Waals surface area contributed by atoms with Crippen molar-refractivity contribution in [2.24, 2.45) is 0 Å². The SMILES string of the molecule is COCCCC(=O)NC1CCN(Cc2ccccc2OC)CC1. The first-order chi connectivity index (χ1) is 11.2. The molecular weight excluding hydrogens is 292 g/mol. The van der Waals surface area contributed by atoms with E-state index in [1.165, 1.54) is 5.56 Å². The Balaban J connectivity index is 1.72. The first-order valence-corrected chi connectivity index (χ1v) is 8.35. The van der Waals surface area contributed by atoms with Crippen molar-refractivity contribution in [2.75, 3.05) is 33.9 Å². The molecule has 1 fully saturated rings. The van der Waals surface area contributed by atoms with Gasteiger partial charge in [-0.25, -0.2) is 0 Å². The first kappa shape index (κ1) is 17.8. The van der Waals surface area contributed by atoms with Crippen molar-refractivity contribution >= 4 is 5.91 Å². The molecule has 0 atom stereocenters. The highest BCUT2D eigenvalue weighted by atomic mass is 16.5. The van der Waals surface area contributed by atoms with E-state index in [0.717, 1.165) is 44.6 Å². The van der Waals surface area contributed by atoms with Crippen LogP contribution in [0.3, 0.4) is 0 Å². The minimum atomic E-state index is 0.144. The molecule has 0 saturated carbocycles. The molecule has 0 aromatic heterocycles. The lowest BCUT2D eigenvalue weighted by molar-refractivity contribution is -0.122. The minimum Gasteiger partial charge on any atom is -0.496 e. The molecule has 1 N–H and O–H groups in total. The number of para-hydroxylation sites is 1. The predicted molar refractivity (Wildman–Crippen MR) is 90.5 cm³/mol. The maximum atomic E-state index is 11.8. The summed E-state index contributed by atoms with van der Waals surface area (Å²) in [5, 5.41) is 3.14. The summed E-state index contributed by atoms with van der Waals surface area (Å²) in [5.41, 5.74) is 1.22. The van der Waals surface area contributed by atoms with Gasteiger partial charge in [-0.3, -0.25) is 9.69 Å². The molecule has 0 aliphatic carbocycles. The number of carbonyl (C=O) groups is 1. The van der Waals surface area contributed by atoms with Gasteiger partial charge >= 0.3 is 0 Å². The molecule has 1 saturated heterocycles. The van der Waals surface area contributed by atoms with Gasteiger partial charge in [-0.05, 0) is 25.3 Å². The molecule has 23 heavy (non-hydrogen) atoms. The van der Waals surface area contributed by atoms with Crippen LogP contribution in [0.25, 0.3) is 0 Å². The molecule has 0 unspecified atom stereocenters. The molecule has 0 spiro atoms. The number of methoxy groups -OCH3 is 2. The lowest BCUT2D eigenvalue weighted by Gasteiger charge is -2.32. The molecule has 1 heterocycles. The topological polar surface area (TPSA) is 50.8 Å². The lowest BCUT2D eigenvalue weighted by Crippen LogP contribution is -2.44. The highest BCUT2D eigenvalue weighted by Gasteiger charge is 2.21. The van der Waals surface area contributed by atoms with E-state index in [0.29, 0.717) is 19.1 Å². The maximum absolute atomic E-state index is 11.8. The van der Waals surface area contributed by atoms with E-state index >= 15 is 0 Å². The second kappa shape index (κ2) is 9.53. The fourth-order valence-corrected chi connectivity index (χ4v) is 2.99. The molecule has 1 amide bonds. The summed E-state index contributed by atoms with van der Waals surface area (Å²) < 4.78 is 10.4. The molecular formula is C18H28N2O3. The maximum Gasteiger partial charge on any atom is 0.220 e. The molecule has 0 bridgehead atoms. The van der Waals surface area contributed by atoms with Crippen molar-refractivity contribution in [3.63, 3.8) is 0 Å². The van der Waals surface area contributed by atoms with E-state index < -0.39 is 0 Å². The fraction of sp³-hybridized carbons (Fsp3) is 0.611. The number of likely N-dealkylation sites (tertiary alicyclic amines) is 1. The second-order valence-electron chi connectivity index (χ2n) is 6.03. The summed E-state index contributed by atoms with van der Waals surface area (Å²) in [6, 6.07) is 8.46. The Bertz CT molecular complexity index is 485. The van der Waals surface area contributed by atoms with E-state index in [2.05, 4.69) is 16.3 Å². The van der Waals surface area contributed by atoms with Crippen molar-refractivity contribution in [2.45, 2.75) is 38.3 Å². The monoisotopic (exact) mass is 320 g/mol. The van der Waals surface area contributed by atoms with E-state index in [-0.39, 0.29) is 5.91 Å². The minimum absolute atomic E-state index is 0.144. The molecule has 0 radical (unpaired) electrons. The molecule has 128 valence electrons. The van der Waals surface area contributed by atoms with Crippen LogP contribution in [0.1, 0.15) is 31.2 Å². The third kappa shape index (κ3) is 5.84. The zero-order chi connectivity index (χ0) is 16.5. The Morgan fingerprint density at radius 3 is 2.70 bits per heavy atom. The summed E-state index contributed by atoms with van der Waals surface area (Å²) >= 11 is 0. The van der Waals surface area contributed by atoms with Gasteiger partial charge in [0.1, 0.15) is 5.75 Å². The third-order valence-electron chi connectivity index (χ3n) is 4.29. The third-order valence-corrected chi connectivity index (χ3v) is 4.29. The van der Waals surface area contributed by atoms with Gasteiger partial charge in [0.15, 0.2) is 0 Å². The van der Waals surface area contributed by atoms with Crippen molar-refractivity contribution in [1.29, 1.82) is 0 Å². The molecule has 2 rings (SSSR count). The summed E-state index contributed by atoms with van der Waals surface area (Å²) in [5.74, 6) is 1.09. The quantitative estimate of drug-likeness (QED) is 0.746. The molecule has 1 aliphatic heterocycles. The fourth-order valence-electron chi connectivity index (χ4n) is 2.99. The zero-order valence-corrected chi connectivity index (χ0v) is 14.2. The summed E-state index contributed by atoms with van der Waals surface area (Å²) in [6.07, 6.45) is 3.35. The zero-order valence-electron chi connectivity index (χ0n) is 14.2. The predicted octanol–water partition coefficient (Wildman–Crippen LogP) is 2.20. The van der Waals surface area contributed by atoms with E-state index in [1.807, 2.05) is 18.2 Å². The lowest BCUT2D eigenvalue weighted by atomic mass is 10.0. The number of hydrogen-bond donors (Lipinski definition) is 1. The Hall–Kier alpha value is -1.59. The Morgan fingerprint density at radius 1 is 1.26 bits per heavy atom. The number of ether oxygens (including phenoxy) is 2. The largest absolute Gasteiger partial charge is 0.496 e. The van der Waals surface area contributed by atoms with Gasteiger partial charge in [0.2, 0.25) is 5.91 Å². The van der Waals surface area contributed by atoms with Crippen LogP contribution in [0, 0.1) is 0 Å². The van der Waals surface area contributed by atoms with Crippen LogP contribution in [0.5, 0.6) is 5.75 Å². The second-order valence-corrected chi connectivity index (χ2v) is 6.03. The highest BCUT2D eigenvalue weighted by Crippen LogP contribution is 2.21. The van der Waals surface area contributed by atoms with Gasteiger partial charge in [-0.1, -0.05) is 18.2 Å². The first-order valence-electron chi connectivity index (χ1n) is 8.35. The average molecular weight is 320 g/mol. The average Bonchev–Trinajstić information content (AvgIpc) is 2.57. The number of piperidine rings is 1. The van der Waals surface area contributed by atoms with Crippen LogP contribution in [-0.2, 0) is 16.1 Å². The van der Waals surface area contributed by atoms with Gasteiger partial charge in [0.25, 0.3) is 0 Å². The number of rotatable bonds is 8. The number of carbonyl (C=O) groups excluding carboxylic acids is 1. The number of nitrogens with one attached hydrogen (secondary N) is 1. The van der Waals surface area contributed by atoms with Gasteiger partial charge < -0.3 is 14.8 Å². The highest BCUT2D eigenvalue weighted by molar-refractivity contribution is 5.76. The Labute approximate surface area is 139 Å². The number of nitrogens with zero attached hydrogens (tertiary/aromatic N) is 1. The van der Waals surface area contributed by atoms with Crippen molar-refractivity contribution in [1.82, 2.24) is 10.2 Å². The van der Waals surface area contributed by atoms with Gasteiger partial charge in [0, 0.05) is 51.4 Å². The van der Waals surface area contributed by atoms with Crippen LogP contribution < -0.4 is 10.1 Å². The number of amides is 1. The number of benzene rings is 1. The van der Waals surface area contributed by atoms with Gasteiger partial charge in [-0.2, -0.15) is 0 Å². The standard InChI is InChI=1S/C18H28N2O3/c1-22-13-5-8-18(21)19-16-9-11-20(12-10-16)14-15-6-3-4-7-17(15)23-2/h3-4,6-7,16H,5,8-14H2,1-2H3,(H,19,21). The van der Waals surface area contributed by atoms with Crippen LogP contribution in [0.2, 0.25) is 0 Å². The van der Waals surface area contributed by atoms with Crippen LogP contribution in [0.15, 0.2) is 24.3 Å². The molecule has 5 nitrogen and oxygen atoms in total. The van der Waals surface area contributed by atoms with Crippen molar-refractivity contribution < 1.29 is 14.3 Å². The number of hydrogen-bond acceptors (Lipinski definition) is 4. The van der Waals surface area contributed by atoms with E-state index in [9.17, 15) is 4.79 Å². The molecule has 5 heteroatoms.